The quantitative estimate of drug-likeness (QED) is 0.148. The lowest BCUT2D eigenvalue weighted by atomic mass is 10.2. The van der Waals surface area contributed by atoms with Crippen molar-refractivity contribution >= 4 is 24.1 Å². The van der Waals surface area contributed by atoms with Crippen LogP contribution in [0.25, 0.3) is 0 Å². The number of carbonyl (C=O) groups excluding carboxylic acids is 3. The van der Waals surface area contributed by atoms with Crippen LogP contribution < -0.4 is 19.6 Å². The highest BCUT2D eigenvalue weighted by molar-refractivity contribution is 5.94. The van der Waals surface area contributed by atoms with Crippen molar-refractivity contribution in [3.8, 4) is 17.2 Å². The van der Waals surface area contributed by atoms with Crippen LogP contribution in [0, 0.1) is 6.92 Å². The highest BCUT2D eigenvalue weighted by atomic mass is 16.5. The van der Waals surface area contributed by atoms with Crippen LogP contribution >= 0.6 is 0 Å². The minimum absolute atomic E-state index is 0.0890. The molecule has 0 fully saturated rings. The van der Waals surface area contributed by atoms with Gasteiger partial charge in [0, 0.05) is 11.6 Å². The first-order valence-electron chi connectivity index (χ1n) is 11.7. The van der Waals surface area contributed by atoms with Gasteiger partial charge in [0.2, 0.25) is 0 Å². The average Bonchev–Trinajstić information content (AvgIpc) is 2.94. The van der Waals surface area contributed by atoms with Gasteiger partial charge in [0.15, 0.2) is 6.61 Å². The predicted molar refractivity (Wildman–Crippen MR) is 142 cm³/mol. The van der Waals surface area contributed by atoms with Gasteiger partial charge >= 0.3 is 11.9 Å². The van der Waals surface area contributed by atoms with E-state index in [9.17, 15) is 14.4 Å². The normalized spacial score (nSPS) is 10.6. The van der Waals surface area contributed by atoms with Crippen molar-refractivity contribution < 1.29 is 28.6 Å². The van der Waals surface area contributed by atoms with Crippen LogP contribution in [0.3, 0.4) is 0 Å². The average molecular weight is 509 g/mol. The van der Waals surface area contributed by atoms with Gasteiger partial charge in [0.05, 0.1) is 17.3 Å². The molecule has 0 aliphatic heterocycles. The summed E-state index contributed by atoms with van der Waals surface area (Å²) in [6.07, 6.45) is 1.32. The monoisotopic (exact) mass is 508 g/mol. The largest absolute Gasteiger partial charge is 0.484 e. The Kier molecular flexibility index (Phi) is 8.60. The molecule has 38 heavy (non-hydrogen) atoms. The Bertz CT molecular complexity index is 1440. The molecule has 4 rings (SSSR count). The number of benzene rings is 4. The van der Waals surface area contributed by atoms with Crippen LogP contribution in [0.15, 0.2) is 108 Å². The number of nitrogens with one attached hydrogen (secondary N) is 1. The standard InChI is InChI=1S/C30H24N2O6/c1-21-12-15-25(16-13-21)36-20-28(33)32-31-19-24-14-17-26(37-29(34)22-8-4-2-5-9-22)18-27(24)38-30(35)23-10-6-3-7-11-23/h2-19H,20H2,1H3,(H,32,33)/b31-19+. The third-order valence-electron chi connectivity index (χ3n) is 5.20. The van der Waals surface area contributed by atoms with Gasteiger partial charge in [-0.2, -0.15) is 5.10 Å². The molecular formula is C30H24N2O6. The molecule has 0 saturated heterocycles. The third kappa shape index (κ3) is 7.38. The summed E-state index contributed by atoms with van der Waals surface area (Å²) in [7, 11) is 0. The summed E-state index contributed by atoms with van der Waals surface area (Å²) in [6.45, 7) is 1.72. The van der Waals surface area contributed by atoms with Crippen LogP contribution in [0.2, 0.25) is 0 Å². The molecule has 0 aromatic heterocycles. The molecule has 190 valence electrons. The molecule has 4 aromatic carbocycles. The zero-order valence-corrected chi connectivity index (χ0v) is 20.5. The highest BCUT2D eigenvalue weighted by Crippen LogP contribution is 2.26. The van der Waals surface area contributed by atoms with Crippen molar-refractivity contribution in [1.29, 1.82) is 0 Å². The summed E-state index contributed by atoms with van der Waals surface area (Å²) in [6, 6.07) is 28.7. The van der Waals surface area contributed by atoms with Gasteiger partial charge < -0.3 is 14.2 Å². The molecule has 0 saturated carbocycles. The fourth-order valence-electron chi connectivity index (χ4n) is 3.24. The number of amides is 1. The third-order valence-corrected chi connectivity index (χ3v) is 5.20. The first-order valence-corrected chi connectivity index (χ1v) is 11.7. The van der Waals surface area contributed by atoms with Gasteiger partial charge in [0.25, 0.3) is 5.91 Å². The van der Waals surface area contributed by atoms with E-state index in [1.165, 1.54) is 18.3 Å². The minimum Gasteiger partial charge on any atom is -0.484 e. The second-order valence-electron chi connectivity index (χ2n) is 8.11. The van der Waals surface area contributed by atoms with E-state index in [1.807, 2.05) is 19.1 Å². The minimum atomic E-state index is -0.609. The van der Waals surface area contributed by atoms with Crippen LogP contribution in [0.5, 0.6) is 17.2 Å². The molecule has 0 aliphatic rings. The topological polar surface area (TPSA) is 103 Å². The highest BCUT2D eigenvalue weighted by Gasteiger charge is 2.15. The molecule has 8 heteroatoms. The number of aryl methyl sites for hydroxylation is 1. The molecular weight excluding hydrogens is 484 g/mol. The number of ether oxygens (including phenoxy) is 3. The van der Waals surface area contributed by atoms with Crippen molar-refractivity contribution in [3.05, 3.63) is 125 Å². The summed E-state index contributed by atoms with van der Waals surface area (Å²) < 4.78 is 16.5. The molecule has 0 radical (unpaired) electrons. The number of hydrazone groups is 1. The fourth-order valence-corrected chi connectivity index (χ4v) is 3.24. The second-order valence-corrected chi connectivity index (χ2v) is 8.11. The first-order chi connectivity index (χ1) is 18.5. The Hall–Kier alpha value is -5.24. The molecule has 1 amide bonds. The van der Waals surface area contributed by atoms with Crippen LogP contribution in [-0.2, 0) is 4.79 Å². The lowest BCUT2D eigenvalue weighted by molar-refractivity contribution is -0.123. The molecule has 0 spiro atoms. The lowest BCUT2D eigenvalue weighted by Gasteiger charge is -2.10. The molecule has 0 heterocycles. The number of carbonyl (C=O) groups is 3. The number of hydrogen-bond donors (Lipinski definition) is 1. The van der Waals surface area contributed by atoms with Crippen molar-refractivity contribution in [1.82, 2.24) is 5.43 Å². The summed E-state index contributed by atoms with van der Waals surface area (Å²) in [5.74, 6) is -0.826. The summed E-state index contributed by atoms with van der Waals surface area (Å²) in [4.78, 5) is 37.3. The van der Waals surface area contributed by atoms with Crippen molar-refractivity contribution in [2.24, 2.45) is 5.10 Å². The summed E-state index contributed by atoms with van der Waals surface area (Å²) >= 11 is 0. The van der Waals surface area contributed by atoms with E-state index in [2.05, 4.69) is 10.5 Å². The van der Waals surface area contributed by atoms with Crippen molar-refractivity contribution in [2.45, 2.75) is 6.92 Å². The molecule has 4 aromatic rings. The maximum absolute atomic E-state index is 12.7. The Morgan fingerprint density at radius 2 is 1.32 bits per heavy atom. The van der Waals surface area contributed by atoms with E-state index in [1.54, 1.807) is 78.9 Å². The van der Waals surface area contributed by atoms with E-state index in [0.717, 1.165) is 5.56 Å². The Labute approximate surface area is 219 Å². The zero-order valence-electron chi connectivity index (χ0n) is 20.5. The van der Waals surface area contributed by atoms with Gasteiger partial charge in [-0.25, -0.2) is 15.0 Å². The molecule has 0 bridgehead atoms. The van der Waals surface area contributed by atoms with Gasteiger partial charge in [-0.05, 0) is 55.5 Å². The number of hydrogen-bond acceptors (Lipinski definition) is 7. The molecule has 8 nitrogen and oxygen atoms in total. The van der Waals surface area contributed by atoms with E-state index >= 15 is 0 Å². The maximum Gasteiger partial charge on any atom is 0.343 e. The van der Waals surface area contributed by atoms with Gasteiger partial charge in [-0.3, -0.25) is 4.79 Å². The number of esters is 2. The fraction of sp³-hybridized carbons (Fsp3) is 0.0667. The summed E-state index contributed by atoms with van der Waals surface area (Å²) in [5, 5.41) is 3.94. The molecule has 0 aliphatic carbocycles. The number of rotatable bonds is 9. The zero-order chi connectivity index (χ0) is 26.7. The number of nitrogens with zero attached hydrogens (tertiary/aromatic N) is 1. The lowest BCUT2D eigenvalue weighted by Crippen LogP contribution is -2.24. The van der Waals surface area contributed by atoms with E-state index < -0.39 is 17.8 Å². The van der Waals surface area contributed by atoms with E-state index in [0.29, 0.717) is 22.4 Å². The van der Waals surface area contributed by atoms with Gasteiger partial charge in [0.1, 0.15) is 17.2 Å². The van der Waals surface area contributed by atoms with Gasteiger partial charge in [-0.15, -0.1) is 0 Å². The predicted octanol–water partition coefficient (Wildman–Crippen LogP) is 4.96. The Morgan fingerprint density at radius 3 is 1.95 bits per heavy atom. The maximum atomic E-state index is 12.7. The van der Waals surface area contributed by atoms with Crippen molar-refractivity contribution in [2.75, 3.05) is 6.61 Å². The first kappa shape index (κ1) is 25.8. The Balaban J connectivity index is 1.46. The van der Waals surface area contributed by atoms with Crippen molar-refractivity contribution in [3.63, 3.8) is 0 Å². The SMILES string of the molecule is Cc1ccc(OCC(=O)N/N=C/c2ccc(OC(=O)c3ccccc3)cc2OC(=O)c2ccccc2)cc1. The van der Waals surface area contributed by atoms with Gasteiger partial charge in [-0.1, -0.05) is 54.1 Å². The van der Waals surface area contributed by atoms with Crippen LogP contribution in [0.1, 0.15) is 31.8 Å². The van der Waals surface area contributed by atoms with Crippen LogP contribution in [-0.4, -0.2) is 30.7 Å². The second kappa shape index (κ2) is 12.6. The van der Waals surface area contributed by atoms with E-state index in [4.69, 9.17) is 14.2 Å². The van der Waals surface area contributed by atoms with Crippen LogP contribution in [0.4, 0.5) is 0 Å². The molecule has 1 N–H and O–H groups in total. The molecule has 0 atom stereocenters. The van der Waals surface area contributed by atoms with E-state index in [-0.39, 0.29) is 18.1 Å². The smallest absolute Gasteiger partial charge is 0.343 e. The molecule has 0 unspecified atom stereocenters. The summed E-state index contributed by atoms with van der Waals surface area (Å²) in [5.41, 5.74) is 4.53. The Morgan fingerprint density at radius 1 is 0.737 bits per heavy atom.